The summed E-state index contributed by atoms with van der Waals surface area (Å²) in [5.41, 5.74) is 2.07. The third kappa shape index (κ3) is 3.32. The summed E-state index contributed by atoms with van der Waals surface area (Å²) >= 11 is 0. The first-order chi connectivity index (χ1) is 10.2. The van der Waals surface area contributed by atoms with Gasteiger partial charge in [-0.05, 0) is 30.4 Å². The predicted octanol–water partition coefficient (Wildman–Crippen LogP) is 2.83. The lowest BCUT2D eigenvalue weighted by atomic mass is 9.76. The molecule has 21 heavy (non-hydrogen) atoms. The van der Waals surface area contributed by atoms with Crippen LogP contribution in [0.5, 0.6) is 0 Å². The molecule has 0 aromatic heterocycles. The van der Waals surface area contributed by atoms with Crippen molar-refractivity contribution in [3.63, 3.8) is 0 Å². The van der Waals surface area contributed by atoms with Crippen LogP contribution in [0.2, 0.25) is 0 Å². The topological polar surface area (TPSA) is 52.6 Å². The van der Waals surface area contributed by atoms with Crippen LogP contribution in [0.4, 0.5) is 0 Å². The van der Waals surface area contributed by atoms with Gasteiger partial charge in [0.15, 0.2) is 5.92 Å². The number of hydrogen-bond acceptors (Lipinski definition) is 4. The van der Waals surface area contributed by atoms with Gasteiger partial charge in [0, 0.05) is 5.92 Å². The zero-order valence-corrected chi connectivity index (χ0v) is 12.4. The van der Waals surface area contributed by atoms with E-state index in [0.717, 1.165) is 30.4 Å². The lowest BCUT2D eigenvalue weighted by Gasteiger charge is -2.29. The number of esters is 2. The summed E-state index contributed by atoms with van der Waals surface area (Å²) < 4.78 is 9.61. The van der Waals surface area contributed by atoms with Crippen molar-refractivity contribution in [3.8, 4) is 0 Å². The highest BCUT2D eigenvalue weighted by atomic mass is 16.5. The molecule has 2 rings (SSSR count). The Kier molecular flexibility index (Phi) is 5.14. The Morgan fingerprint density at radius 2 is 1.71 bits per heavy atom. The lowest BCUT2D eigenvalue weighted by molar-refractivity contribution is -0.160. The van der Waals surface area contributed by atoms with Crippen LogP contribution in [0, 0.1) is 11.8 Å². The second-order valence-corrected chi connectivity index (χ2v) is 5.09. The van der Waals surface area contributed by atoms with Gasteiger partial charge >= 0.3 is 11.9 Å². The third-order valence-corrected chi connectivity index (χ3v) is 3.90. The summed E-state index contributed by atoms with van der Waals surface area (Å²) in [5, 5.41) is 0. The minimum absolute atomic E-state index is 0.193. The van der Waals surface area contributed by atoms with Crippen molar-refractivity contribution >= 4 is 17.5 Å². The zero-order chi connectivity index (χ0) is 15.2. The van der Waals surface area contributed by atoms with Gasteiger partial charge in [-0.1, -0.05) is 36.4 Å². The fourth-order valence-electron chi connectivity index (χ4n) is 2.89. The first-order valence-electron chi connectivity index (χ1n) is 7.10. The Morgan fingerprint density at radius 1 is 1.10 bits per heavy atom. The summed E-state index contributed by atoms with van der Waals surface area (Å²) in [7, 11) is 2.60. The summed E-state index contributed by atoms with van der Waals surface area (Å²) in [4.78, 5) is 24.1. The SMILES string of the molecule is COC(=O)C(C(=O)OC)[C@H]1CCCC=C1c1ccccc1. The molecule has 0 N–H and O–H groups in total. The Balaban J connectivity index is 2.38. The number of ether oxygens (including phenoxy) is 2. The van der Waals surface area contributed by atoms with E-state index in [0.29, 0.717) is 0 Å². The van der Waals surface area contributed by atoms with Crippen molar-refractivity contribution in [2.75, 3.05) is 14.2 Å². The largest absolute Gasteiger partial charge is 0.468 e. The number of benzene rings is 1. The molecule has 1 aliphatic rings. The highest BCUT2D eigenvalue weighted by Gasteiger charge is 2.39. The molecule has 112 valence electrons. The van der Waals surface area contributed by atoms with E-state index < -0.39 is 17.9 Å². The van der Waals surface area contributed by atoms with Crippen LogP contribution in [-0.2, 0) is 19.1 Å². The van der Waals surface area contributed by atoms with Gasteiger partial charge in [-0.2, -0.15) is 0 Å². The van der Waals surface area contributed by atoms with Crippen molar-refractivity contribution in [2.45, 2.75) is 19.3 Å². The van der Waals surface area contributed by atoms with Gasteiger partial charge in [-0.3, -0.25) is 9.59 Å². The quantitative estimate of drug-likeness (QED) is 0.631. The van der Waals surface area contributed by atoms with Gasteiger partial charge < -0.3 is 9.47 Å². The van der Waals surface area contributed by atoms with E-state index in [1.807, 2.05) is 30.3 Å². The molecule has 0 aliphatic heterocycles. The average Bonchev–Trinajstić information content (AvgIpc) is 2.56. The Labute approximate surface area is 124 Å². The number of allylic oxidation sites excluding steroid dienone is 2. The van der Waals surface area contributed by atoms with Crippen LogP contribution in [0.15, 0.2) is 36.4 Å². The molecule has 1 aromatic rings. The number of carbonyl (C=O) groups excluding carboxylic acids is 2. The smallest absolute Gasteiger partial charge is 0.320 e. The molecular formula is C17H20O4. The summed E-state index contributed by atoms with van der Waals surface area (Å²) in [6, 6.07) is 9.84. The minimum Gasteiger partial charge on any atom is -0.468 e. The van der Waals surface area contributed by atoms with Crippen molar-refractivity contribution in [3.05, 3.63) is 42.0 Å². The van der Waals surface area contributed by atoms with Crippen molar-refractivity contribution in [2.24, 2.45) is 11.8 Å². The van der Waals surface area contributed by atoms with Crippen LogP contribution in [0.25, 0.3) is 5.57 Å². The first kappa shape index (κ1) is 15.3. The maximum absolute atomic E-state index is 12.0. The van der Waals surface area contributed by atoms with Gasteiger partial charge in [-0.25, -0.2) is 0 Å². The molecule has 0 spiro atoms. The first-order valence-corrected chi connectivity index (χ1v) is 7.10. The molecule has 0 bridgehead atoms. The fourth-order valence-corrected chi connectivity index (χ4v) is 2.89. The normalized spacial score (nSPS) is 18.0. The number of methoxy groups -OCH3 is 2. The van der Waals surface area contributed by atoms with E-state index in [1.54, 1.807) is 0 Å². The zero-order valence-electron chi connectivity index (χ0n) is 12.4. The van der Waals surface area contributed by atoms with Crippen molar-refractivity contribution < 1.29 is 19.1 Å². The predicted molar refractivity (Wildman–Crippen MR) is 79.3 cm³/mol. The van der Waals surface area contributed by atoms with Crippen LogP contribution in [0.3, 0.4) is 0 Å². The molecule has 0 saturated carbocycles. The standard InChI is InChI=1S/C17H20O4/c1-20-16(18)15(17(19)21-2)14-11-7-6-10-13(14)12-8-4-3-5-9-12/h3-5,8-10,14-15H,6-7,11H2,1-2H3/t14-/m0/s1. The van der Waals surface area contributed by atoms with Crippen LogP contribution >= 0.6 is 0 Å². The van der Waals surface area contributed by atoms with Crippen LogP contribution in [0.1, 0.15) is 24.8 Å². The lowest BCUT2D eigenvalue weighted by Crippen LogP contribution is -2.35. The molecule has 4 nitrogen and oxygen atoms in total. The molecule has 1 atom stereocenters. The number of hydrogen-bond donors (Lipinski definition) is 0. The van der Waals surface area contributed by atoms with E-state index in [9.17, 15) is 9.59 Å². The summed E-state index contributed by atoms with van der Waals surface area (Å²) in [6.07, 6.45) is 4.79. The van der Waals surface area contributed by atoms with Crippen LogP contribution < -0.4 is 0 Å². The van der Waals surface area contributed by atoms with Crippen molar-refractivity contribution in [1.29, 1.82) is 0 Å². The van der Waals surface area contributed by atoms with Gasteiger partial charge in [0.2, 0.25) is 0 Å². The van der Waals surface area contributed by atoms with Crippen LogP contribution in [-0.4, -0.2) is 26.2 Å². The molecule has 1 aliphatic carbocycles. The maximum atomic E-state index is 12.0. The molecule has 0 heterocycles. The fraction of sp³-hybridized carbons (Fsp3) is 0.412. The molecular weight excluding hydrogens is 268 g/mol. The molecule has 0 amide bonds. The Morgan fingerprint density at radius 3 is 2.29 bits per heavy atom. The Hall–Kier alpha value is -2.10. The minimum atomic E-state index is -0.897. The Bertz CT molecular complexity index is 517. The number of carbonyl (C=O) groups is 2. The van der Waals surface area contributed by atoms with Crippen molar-refractivity contribution in [1.82, 2.24) is 0 Å². The second kappa shape index (κ2) is 7.07. The average molecular weight is 288 g/mol. The van der Waals surface area contributed by atoms with E-state index in [-0.39, 0.29) is 5.92 Å². The van der Waals surface area contributed by atoms with Gasteiger partial charge in [0.25, 0.3) is 0 Å². The summed E-state index contributed by atoms with van der Waals surface area (Å²) in [5.74, 6) is -2.15. The van der Waals surface area contributed by atoms with Gasteiger partial charge in [0.1, 0.15) is 0 Å². The van der Waals surface area contributed by atoms with E-state index >= 15 is 0 Å². The van der Waals surface area contributed by atoms with Gasteiger partial charge in [-0.15, -0.1) is 0 Å². The monoisotopic (exact) mass is 288 g/mol. The molecule has 0 saturated heterocycles. The molecule has 0 fully saturated rings. The number of rotatable bonds is 4. The molecule has 0 radical (unpaired) electrons. The highest BCUT2D eigenvalue weighted by Crippen LogP contribution is 2.38. The molecule has 0 unspecified atom stereocenters. The van der Waals surface area contributed by atoms with E-state index in [2.05, 4.69) is 6.08 Å². The van der Waals surface area contributed by atoms with E-state index in [4.69, 9.17) is 9.47 Å². The molecule has 4 heteroatoms. The third-order valence-electron chi connectivity index (χ3n) is 3.90. The highest BCUT2D eigenvalue weighted by molar-refractivity contribution is 5.97. The van der Waals surface area contributed by atoms with Gasteiger partial charge in [0.05, 0.1) is 14.2 Å². The van der Waals surface area contributed by atoms with E-state index in [1.165, 1.54) is 14.2 Å². The second-order valence-electron chi connectivity index (χ2n) is 5.09. The summed E-state index contributed by atoms with van der Waals surface area (Å²) in [6.45, 7) is 0. The maximum Gasteiger partial charge on any atom is 0.320 e. The molecule has 1 aromatic carbocycles.